The van der Waals surface area contributed by atoms with Gasteiger partial charge in [-0.25, -0.2) is 0 Å². The Kier molecular flexibility index (Phi) is 3.79. The first-order valence-electron chi connectivity index (χ1n) is 6.79. The normalized spacial score (nSPS) is 21.5. The average Bonchev–Trinajstić information content (AvgIpc) is 2.66. The number of halogens is 2. The van der Waals surface area contributed by atoms with E-state index in [2.05, 4.69) is 41.5 Å². The second-order valence-corrected chi connectivity index (χ2v) is 7.26. The van der Waals surface area contributed by atoms with Crippen LogP contribution >= 0.6 is 23.2 Å². The summed E-state index contributed by atoms with van der Waals surface area (Å²) in [6.07, 6.45) is 1.80. The second-order valence-electron chi connectivity index (χ2n) is 6.35. The van der Waals surface area contributed by atoms with Crippen LogP contribution in [0.4, 0.5) is 0 Å². The maximum absolute atomic E-state index is 6.35. The molecule has 0 aromatic heterocycles. The van der Waals surface area contributed by atoms with E-state index in [1.807, 2.05) is 0 Å². The van der Waals surface area contributed by atoms with Crippen molar-refractivity contribution in [3.8, 4) is 0 Å². The molecular weight excluding hydrogens is 275 g/mol. The third kappa shape index (κ3) is 2.23. The van der Waals surface area contributed by atoms with Crippen molar-refractivity contribution < 1.29 is 0 Å². The van der Waals surface area contributed by atoms with Gasteiger partial charge in [-0.15, -0.1) is 0 Å². The minimum Gasteiger partial charge on any atom is -0.0885 e. The number of hydrogen-bond acceptors (Lipinski definition) is 0. The standard InChI is InChI=1S/C17H22Cl2/c1-9-7-13(18)11(3)15(9)17(5,6)16-10(2)8-14(19)12(16)4/h7-8H2,1-6H3. The first-order valence-corrected chi connectivity index (χ1v) is 7.55. The molecule has 19 heavy (non-hydrogen) atoms. The van der Waals surface area contributed by atoms with Gasteiger partial charge in [-0.3, -0.25) is 0 Å². The summed E-state index contributed by atoms with van der Waals surface area (Å²) in [5.74, 6) is 0. The molecule has 2 heteroatoms. The fraction of sp³-hybridized carbons (Fsp3) is 0.529. The molecule has 2 aliphatic carbocycles. The Balaban J connectivity index is 2.57. The zero-order valence-electron chi connectivity index (χ0n) is 12.7. The molecule has 2 aliphatic rings. The molecule has 2 rings (SSSR count). The van der Waals surface area contributed by atoms with Gasteiger partial charge < -0.3 is 0 Å². The van der Waals surface area contributed by atoms with Crippen molar-refractivity contribution in [2.75, 3.05) is 0 Å². The van der Waals surface area contributed by atoms with E-state index < -0.39 is 0 Å². The minimum absolute atomic E-state index is 0.0182. The van der Waals surface area contributed by atoms with Crippen LogP contribution in [0.2, 0.25) is 0 Å². The van der Waals surface area contributed by atoms with Crippen LogP contribution in [0, 0.1) is 5.41 Å². The first-order chi connectivity index (χ1) is 8.67. The monoisotopic (exact) mass is 296 g/mol. The summed E-state index contributed by atoms with van der Waals surface area (Å²) in [5, 5.41) is 1.98. The van der Waals surface area contributed by atoms with Gasteiger partial charge in [0.05, 0.1) is 0 Å². The molecule has 0 nitrogen and oxygen atoms in total. The van der Waals surface area contributed by atoms with Gasteiger partial charge in [0.25, 0.3) is 0 Å². The molecule has 0 aromatic rings. The second kappa shape index (κ2) is 4.82. The number of hydrogen-bond donors (Lipinski definition) is 0. The van der Waals surface area contributed by atoms with Crippen LogP contribution in [0.25, 0.3) is 0 Å². The fourth-order valence-corrected chi connectivity index (χ4v) is 4.54. The lowest BCUT2D eigenvalue weighted by Gasteiger charge is -2.32. The van der Waals surface area contributed by atoms with E-state index in [-0.39, 0.29) is 5.41 Å². The Morgan fingerprint density at radius 3 is 1.26 bits per heavy atom. The summed E-state index contributed by atoms with van der Waals surface area (Å²) in [7, 11) is 0. The molecule has 0 aromatic carbocycles. The molecule has 104 valence electrons. The number of rotatable bonds is 2. The summed E-state index contributed by atoms with van der Waals surface area (Å²) in [4.78, 5) is 0. The molecule has 0 aliphatic heterocycles. The lowest BCUT2D eigenvalue weighted by atomic mass is 9.71. The quantitative estimate of drug-likeness (QED) is 0.547. The Hall–Kier alpha value is -0.460. The van der Waals surface area contributed by atoms with Crippen LogP contribution in [0.15, 0.2) is 43.5 Å². The van der Waals surface area contributed by atoms with E-state index >= 15 is 0 Å². The summed E-state index contributed by atoms with van der Waals surface area (Å²) in [6, 6.07) is 0. The molecule has 0 amide bonds. The van der Waals surface area contributed by atoms with Crippen molar-refractivity contribution in [1.29, 1.82) is 0 Å². The highest BCUT2D eigenvalue weighted by molar-refractivity contribution is 6.31. The highest BCUT2D eigenvalue weighted by atomic mass is 35.5. The highest BCUT2D eigenvalue weighted by Gasteiger charge is 2.37. The minimum atomic E-state index is -0.0182. The molecule has 0 atom stereocenters. The summed E-state index contributed by atoms with van der Waals surface area (Å²) >= 11 is 12.7. The van der Waals surface area contributed by atoms with E-state index in [4.69, 9.17) is 23.2 Å². The molecule has 0 N–H and O–H groups in total. The molecule has 0 fully saturated rings. The van der Waals surface area contributed by atoms with Gasteiger partial charge in [0.1, 0.15) is 0 Å². The van der Waals surface area contributed by atoms with Gasteiger partial charge in [0.2, 0.25) is 0 Å². The van der Waals surface area contributed by atoms with Gasteiger partial charge in [0, 0.05) is 28.3 Å². The van der Waals surface area contributed by atoms with E-state index in [0.29, 0.717) is 0 Å². The van der Waals surface area contributed by atoms with Crippen molar-refractivity contribution in [2.24, 2.45) is 5.41 Å². The molecule has 0 heterocycles. The van der Waals surface area contributed by atoms with Gasteiger partial charge >= 0.3 is 0 Å². The molecule has 0 radical (unpaired) electrons. The zero-order valence-corrected chi connectivity index (χ0v) is 14.2. The zero-order chi connectivity index (χ0) is 14.5. The Bertz CT molecular complexity index is 516. The molecular formula is C17H22Cl2. The lowest BCUT2D eigenvalue weighted by Crippen LogP contribution is -2.20. The van der Waals surface area contributed by atoms with Crippen LogP contribution in [0.5, 0.6) is 0 Å². The maximum atomic E-state index is 6.35. The maximum Gasteiger partial charge on any atom is 0.0253 e. The highest BCUT2D eigenvalue weighted by Crippen LogP contribution is 2.53. The van der Waals surface area contributed by atoms with E-state index in [1.165, 1.54) is 33.4 Å². The van der Waals surface area contributed by atoms with Crippen molar-refractivity contribution in [3.63, 3.8) is 0 Å². The Labute approximate surface area is 126 Å². The SMILES string of the molecule is CC1=C(C(C)(C)C2=C(C)CC(Cl)=C2C)C(C)=C(Cl)C1. The van der Waals surface area contributed by atoms with E-state index in [0.717, 1.165) is 22.9 Å². The van der Waals surface area contributed by atoms with Gasteiger partial charge in [0.15, 0.2) is 0 Å². The Morgan fingerprint density at radius 2 is 1.05 bits per heavy atom. The first kappa shape index (κ1) is 14.9. The van der Waals surface area contributed by atoms with Crippen molar-refractivity contribution >= 4 is 23.2 Å². The smallest absolute Gasteiger partial charge is 0.0253 e. The van der Waals surface area contributed by atoms with Crippen LogP contribution in [-0.2, 0) is 0 Å². The van der Waals surface area contributed by atoms with Crippen molar-refractivity contribution in [1.82, 2.24) is 0 Å². The molecule has 0 unspecified atom stereocenters. The van der Waals surface area contributed by atoms with Crippen LogP contribution < -0.4 is 0 Å². The van der Waals surface area contributed by atoms with Crippen LogP contribution in [0.1, 0.15) is 54.4 Å². The Morgan fingerprint density at radius 1 is 0.737 bits per heavy atom. The van der Waals surface area contributed by atoms with E-state index in [1.54, 1.807) is 0 Å². The molecule has 0 saturated carbocycles. The van der Waals surface area contributed by atoms with Gasteiger partial charge in [-0.05, 0) is 50.0 Å². The topological polar surface area (TPSA) is 0 Å². The average molecular weight is 297 g/mol. The summed E-state index contributed by atoms with van der Waals surface area (Å²) < 4.78 is 0. The van der Waals surface area contributed by atoms with Crippen LogP contribution in [-0.4, -0.2) is 0 Å². The third-order valence-corrected chi connectivity index (χ3v) is 5.34. The van der Waals surface area contributed by atoms with Gasteiger partial charge in [-0.1, -0.05) is 48.2 Å². The number of allylic oxidation sites excluding steroid dienone is 8. The predicted octanol–water partition coefficient (Wildman–Crippen LogP) is 6.48. The lowest BCUT2D eigenvalue weighted by molar-refractivity contribution is 0.545. The molecule has 0 bridgehead atoms. The predicted molar refractivity (Wildman–Crippen MR) is 85.5 cm³/mol. The fourth-order valence-electron chi connectivity index (χ4n) is 3.95. The van der Waals surface area contributed by atoms with Crippen molar-refractivity contribution in [2.45, 2.75) is 54.4 Å². The summed E-state index contributed by atoms with van der Waals surface area (Å²) in [5.41, 5.74) is 8.07. The van der Waals surface area contributed by atoms with Crippen molar-refractivity contribution in [3.05, 3.63) is 43.5 Å². The largest absolute Gasteiger partial charge is 0.0885 e. The molecule has 0 spiro atoms. The summed E-state index contributed by atoms with van der Waals surface area (Å²) in [6.45, 7) is 13.3. The van der Waals surface area contributed by atoms with Gasteiger partial charge in [-0.2, -0.15) is 0 Å². The third-order valence-electron chi connectivity index (χ3n) is 4.51. The van der Waals surface area contributed by atoms with Crippen LogP contribution in [0.3, 0.4) is 0 Å². The molecule has 0 saturated heterocycles. The van der Waals surface area contributed by atoms with E-state index in [9.17, 15) is 0 Å².